The molecule has 4 nitrogen and oxygen atoms in total. The Bertz CT molecular complexity index is 527. The number of nitrogens with one attached hydrogen (secondary N) is 2. The minimum atomic E-state index is -0.491. The Morgan fingerprint density at radius 2 is 2.00 bits per heavy atom. The van der Waals surface area contributed by atoms with Gasteiger partial charge in [-0.25, -0.2) is 9.18 Å². The van der Waals surface area contributed by atoms with Gasteiger partial charge in [0.15, 0.2) is 0 Å². The summed E-state index contributed by atoms with van der Waals surface area (Å²) in [4.78, 5) is 11.4. The van der Waals surface area contributed by atoms with Gasteiger partial charge in [0.1, 0.15) is 11.4 Å². The van der Waals surface area contributed by atoms with Crippen molar-refractivity contribution in [1.29, 1.82) is 0 Å². The summed E-state index contributed by atoms with van der Waals surface area (Å²) < 4.78 is 18.9. The summed E-state index contributed by atoms with van der Waals surface area (Å²) in [6.07, 6.45) is 3.29. The molecule has 1 aromatic carbocycles. The lowest BCUT2D eigenvalue weighted by atomic mass is 10.2. The Morgan fingerprint density at radius 3 is 2.64 bits per heavy atom. The molecule has 0 radical (unpaired) electrons. The van der Waals surface area contributed by atoms with Crippen LogP contribution < -0.4 is 10.6 Å². The molecule has 1 rings (SSSR count). The van der Waals surface area contributed by atoms with Crippen LogP contribution in [0.2, 0.25) is 0 Å². The van der Waals surface area contributed by atoms with E-state index in [4.69, 9.17) is 4.74 Å². The van der Waals surface area contributed by atoms with Gasteiger partial charge in [-0.1, -0.05) is 18.2 Å². The number of ether oxygens (including phenoxy) is 1. The van der Waals surface area contributed by atoms with Gasteiger partial charge >= 0.3 is 6.09 Å². The van der Waals surface area contributed by atoms with Crippen molar-refractivity contribution in [3.05, 3.63) is 46.2 Å². The van der Waals surface area contributed by atoms with Crippen molar-refractivity contribution >= 4 is 22.0 Å². The van der Waals surface area contributed by atoms with Gasteiger partial charge in [0.2, 0.25) is 0 Å². The zero-order chi connectivity index (χ0) is 16.6. The molecule has 0 atom stereocenters. The Morgan fingerprint density at radius 1 is 1.32 bits per heavy atom. The zero-order valence-electron chi connectivity index (χ0n) is 13.1. The lowest BCUT2D eigenvalue weighted by Crippen LogP contribution is -2.32. The van der Waals surface area contributed by atoms with Crippen molar-refractivity contribution in [3.8, 4) is 0 Å². The fourth-order valence-corrected chi connectivity index (χ4v) is 1.82. The van der Waals surface area contributed by atoms with Crippen LogP contribution in [0.15, 0.2) is 34.8 Å². The number of alkyl carbamates (subject to hydrolysis) is 1. The largest absolute Gasteiger partial charge is 0.444 e. The predicted octanol–water partition coefficient (Wildman–Crippen LogP) is 3.76. The Balaban J connectivity index is 2.16. The molecule has 0 spiro atoms. The molecule has 0 bridgehead atoms. The summed E-state index contributed by atoms with van der Waals surface area (Å²) in [5.74, 6) is -0.267. The standard InChI is InChI=1S/C16H22BrFN2O2/c1-16(2,3)22-15(21)20-9-5-4-8-19-11-12-6-7-13(17)14(18)10-12/h4-7,10,19H,8-9,11H2,1-3H3,(H,20,21)/b5-4+. The molecule has 1 aromatic rings. The Kier molecular flexibility index (Phi) is 7.55. The maximum absolute atomic E-state index is 13.3. The van der Waals surface area contributed by atoms with Crippen LogP contribution in [0.25, 0.3) is 0 Å². The average molecular weight is 373 g/mol. The Labute approximate surface area is 139 Å². The molecule has 0 aliphatic carbocycles. The number of hydrogen-bond acceptors (Lipinski definition) is 3. The van der Waals surface area contributed by atoms with Crippen LogP contribution in [0.1, 0.15) is 26.3 Å². The average Bonchev–Trinajstić information content (AvgIpc) is 2.39. The smallest absolute Gasteiger partial charge is 0.407 e. The number of rotatable bonds is 6. The van der Waals surface area contributed by atoms with E-state index in [0.29, 0.717) is 24.1 Å². The molecule has 2 N–H and O–H groups in total. The second kappa shape index (κ2) is 8.90. The maximum Gasteiger partial charge on any atom is 0.407 e. The lowest BCUT2D eigenvalue weighted by molar-refractivity contribution is 0.0534. The second-order valence-corrected chi connectivity index (χ2v) is 6.59. The third-order valence-corrected chi connectivity index (χ3v) is 3.15. The molecule has 0 aliphatic heterocycles. The van der Waals surface area contributed by atoms with Gasteiger partial charge in [-0.05, 0) is 54.4 Å². The molecule has 122 valence electrons. The molecule has 22 heavy (non-hydrogen) atoms. The fourth-order valence-electron chi connectivity index (χ4n) is 1.57. The van der Waals surface area contributed by atoms with Crippen LogP contribution in [0, 0.1) is 5.82 Å². The molecule has 0 aliphatic rings. The van der Waals surface area contributed by atoms with Crippen LogP contribution in [-0.4, -0.2) is 24.8 Å². The molecule has 1 amide bonds. The van der Waals surface area contributed by atoms with Gasteiger partial charge < -0.3 is 15.4 Å². The summed E-state index contributed by atoms with van der Waals surface area (Å²) in [6, 6.07) is 5.03. The highest BCUT2D eigenvalue weighted by Crippen LogP contribution is 2.16. The van der Waals surface area contributed by atoms with E-state index >= 15 is 0 Å². The lowest BCUT2D eigenvalue weighted by Gasteiger charge is -2.19. The highest BCUT2D eigenvalue weighted by atomic mass is 79.9. The SMILES string of the molecule is CC(C)(C)OC(=O)NC/C=C/CNCc1ccc(Br)c(F)c1. The molecule has 0 saturated carbocycles. The van der Waals surface area contributed by atoms with Crippen LogP contribution in [0.5, 0.6) is 0 Å². The number of carbonyl (C=O) groups is 1. The minimum Gasteiger partial charge on any atom is -0.444 e. The van der Waals surface area contributed by atoms with Gasteiger partial charge in [0.25, 0.3) is 0 Å². The molecule has 0 unspecified atom stereocenters. The predicted molar refractivity (Wildman–Crippen MR) is 89.2 cm³/mol. The molecule has 0 heterocycles. The van der Waals surface area contributed by atoms with Crippen LogP contribution in [0.4, 0.5) is 9.18 Å². The first-order valence-corrected chi connectivity index (χ1v) is 7.84. The van der Waals surface area contributed by atoms with Crippen LogP contribution in [0.3, 0.4) is 0 Å². The van der Waals surface area contributed by atoms with Crippen molar-refractivity contribution in [2.75, 3.05) is 13.1 Å². The van der Waals surface area contributed by atoms with Crippen molar-refractivity contribution < 1.29 is 13.9 Å². The number of amides is 1. The molecular weight excluding hydrogens is 351 g/mol. The van der Waals surface area contributed by atoms with E-state index in [1.807, 2.05) is 39.0 Å². The first kappa shape index (κ1) is 18.6. The third kappa shape index (κ3) is 8.14. The third-order valence-electron chi connectivity index (χ3n) is 2.51. The van der Waals surface area contributed by atoms with Gasteiger partial charge in [-0.3, -0.25) is 0 Å². The second-order valence-electron chi connectivity index (χ2n) is 5.73. The van der Waals surface area contributed by atoms with Gasteiger partial charge in [-0.15, -0.1) is 0 Å². The molecule has 0 saturated heterocycles. The maximum atomic E-state index is 13.3. The van der Waals surface area contributed by atoms with E-state index < -0.39 is 11.7 Å². The molecular formula is C16H22BrFN2O2. The van der Waals surface area contributed by atoms with Crippen molar-refractivity contribution in [1.82, 2.24) is 10.6 Å². The van der Waals surface area contributed by atoms with E-state index in [0.717, 1.165) is 5.56 Å². The number of benzene rings is 1. The Hall–Kier alpha value is -1.40. The normalized spacial score (nSPS) is 11.7. The van der Waals surface area contributed by atoms with Crippen molar-refractivity contribution in [2.45, 2.75) is 32.9 Å². The topological polar surface area (TPSA) is 50.4 Å². The monoisotopic (exact) mass is 372 g/mol. The van der Waals surface area contributed by atoms with Crippen molar-refractivity contribution in [3.63, 3.8) is 0 Å². The van der Waals surface area contributed by atoms with E-state index in [1.165, 1.54) is 6.07 Å². The summed E-state index contributed by atoms with van der Waals surface area (Å²) in [7, 11) is 0. The van der Waals surface area contributed by atoms with E-state index in [1.54, 1.807) is 6.07 Å². The summed E-state index contributed by atoms with van der Waals surface area (Å²) in [5.41, 5.74) is 0.385. The first-order chi connectivity index (χ1) is 10.3. The molecule has 0 fully saturated rings. The summed E-state index contributed by atoms with van der Waals surface area (Å²) in [5, 5.41) is 5.79. The first-order valence-electron chi connectivity index (χ1n) is 7.04. The van der Waals surface area contributed by atoms with Crippen LogP contribution in [-0.2, 0) is 11.3 Å². The van der Waals surface area contributed by atoms with E-state index in [2.05, 4.69) is 26.6 Å². The molecule has 6 heteroatoms. The minimum absolute atomic E-state index is 0.267. The zero-order valence-corrected chi connectivity index (χ0v) is 14.7. The molecule has 0 aromatic heterocycles. The van der Waals surface area contributed by atoms with Gasteiger partial charge in [0.05, 0.1) is 4.47 Å². The van der Waals surface area contributed by atoms with Gasteiger partial charge in [0, 0.05) is 19.6 Å². The van der Waals surface area contributed by atoms with E-state index in [-0.39, 0.29) is 5.82 Å². The van der Waals surface area contributed by atoms with Crippen LogP contribution >= 0.6 is 15.9 Å². The number of hydrogen-bond donors (Lipinski definition) is 2. The number of halogens is 2. The highest BCUT2D eigenvalue weighted by Gasteiger charge is 2.14. The van der Waals surface area contributed by atoms with E-state index in [9.17, 15) is 9.18 Å². The van der Waals surface area contributed by atoms with Gasteiger partial charge in [-0.2, -0.15) is 0 Å². The number of carbonyl (C=O) groups excluding carboxylic acids is 1. The van der Waals surface area contributed by atoms with Crippen molar-refractivity contribution in [2.24, 2.45) is 0 Å². The summed E-state index contributed by atoms with van der Waals surface area (Å²) >= 11 is 3.12. The summed E-state index contributed by atoms with van der Waals surface area (Å²) in [6.45, 7) is 7.07. The highest BCUT2D eigenvalue weighted by molar-refractivity contribution is 9.10. The quantitative estimate of drug-likeness (QED) is 0.590. The fraction of sp³-hybridized carbons (Fsp3) is 0.438.